The molecule has 27 heavy (non-hydrogen) atoms. The number of guanidine groups is 1. The summed E-state index contributed by atoms with van der Waals surface area (Å²) >= 11 is 1.78. The quantitative estimate of drug-likeness (QED) is 0.362. The minimum absolute atomic E-state index is 0. The summed E-state index contributed by atoms with van der Waals surface area (Å²) in [5, 5.41) is 8.78. The molecule has 0 saturated carbocycles. The smallest absolute Gasteiger partial charge is 0.226 e. The Labute approximate surface area is 182 Å². The molecular formula is C20H27IN4OS. The third-order valence-corrected chi connectivity index (χ3v) is 5.44. The molecule has 5 nitrogen and oxygen atoms in total. The minimum atomic E-state index is 0. The van der Waals surface area contributed by atoms with E-state index in [-0.39, 0.29) is 29.9 Å². The van der Waals surface area contributed by atoms with Gasteiger partial charge >= 0.3 is 0 Å². The molecule has 1 aliphatic heterocycles. The molecule has 0 atom stereocenters. The summed E-state index contributed by atoms with van der Waals surface area (Å²) in [7, 11) is 1.78. The maximum atomic E-state index is 12.0. The number of halogens is 1. The lowest BCUT2D eigenvalue weighted by molar-refractivity contribution is -0.119. The summed E-state index contributed by atoms with van der Waals surface area (Å²) in [5.74, 6) is 1.04. The highest BCUT2D eigenvalue weighted by molar-refractivity contribution is 14.0. The van der Waals surface area contributed by atoms with Gasteiger partial charge in [0.1, 0.15) is 0 Å². The number of aliphatic imine (C=N–C) groups is 1. The van der Waals surface area contributed by atoms with Gasteiger partial charge < -0.3 is 15.5 Å². The van der Waals surface area contributed by atoms with Crippen molar-refractivity contribution in [3.8, 4) is 0 Å². The minimum Gasteiger partial charge on any atom is -0.356 e. The SMILES string of the molecule is CN=C(NCCc1cccs1)NCc1ccc(N2CCCCC2=O)cc1.I. The van der Waals surface area contributed by atoms with Crippen molar-refractivity contribution in [1.82, 2.24) is 10.6 Å². The van der Waals surface area contributed by atoms with Crippen LogP contribution in [-0.4, -0.2) is 32.0 Å². The number of benzene rings is 1. The first kappa shape index (κ1) is 21.7. The second-order valence-electron chi connectivity index (χ2n) is 6.35. The second-order valence-corrected chi connectivity index (χ2v) is 7.38. The number of anilines is 1. The average Bonchev–Trinajstić information content (AvgIpc) is 3.19. The molecule has 1 amide bonds. The largest absolute Gasteiger partial charge is 0.356 e. The van der Waals surface area contributed by atoms with E-state index in [0.29, 0.717) is 13.0 Å². The number of carbonyl (C=O) groups excluding carboxylic acids is 1. The van der Waals surface area contributed by atoms with E-state index in [1.165, 1.54) is 10.4 Å². The van der Waals surface area contributed by atoms with Crippen LogP contribution >= 0.6 is 35.3 Å². The molecule has 1 saturated heterocycles. The predicted octanol–water partition coefficient (Wildman–Crippen LogP) is 3.79. The molecule has 0 bridgehead atoms. The van der Waals surface area contributed by atoms with Gasteiger partial charge in [-0.2, -0.15) is 0 Å². The first-order chi connectivity index (χ1) is 12.8. The molecule has 2 N–H and O–H groups in total. The normalized spacial score (nSPS) is 14.6. The summed E-state index contributed by atoms with van der Waals surface area (Å²) in [6.45, 7) is 2.39. The van der Waals surface area contributed by atoms with Crippen LogP contribution in [0.25, 0.3) is 0 Å². The second kappa shape index (κ2) is 11.3. The number of nitrogens with one attached hydrogen (secondary N) is 2. The van der Waals surface area contributed by atoms with Crippen molar-refractivity contribution in [2.24, 2.45) is 4.99 Å². The Morgan fingerprint density at radius 3 is 2.67 bits per heavy atom. The zero-order chi connectivity index (χ0) is 18.2. The van der Waals surface area contributed by atoms with Gasteiger partial charge in [-0.05, 0) is 48.4 Å². The summed E-state index contributed by atoms with van der Waals surface area (Å²) in [6.07, 6.45) is 3.76. The van der Waals surface area contributed by atoms with E-state index < -0.39 is 0 Å². The van der Waals surface area contributed by atoms with E-state index in [1.54, 1.807) is 18.4 Å². The maximum absolute atomic E-state index is 12.0. The summed E-state index contributed by atoms with van der Waals surface area (Å²) in [4.78, 5) is 19.5. The molecule has 1 aromatic carbocycles. The van der Waals surface area contributed by atoms with Gasteiger partial charge in [-0.3, -0.25) is 9.79 Å². The standard InChI is InChI=1S/C20H26N4OS.HI/c1-21-20(22-12-11-18-5-4-14-26-18)23-15-16-7-9-17(10-8-16)24-13-3-2-6-19(24)25;/h4-5,7-10,14H,2-3,6,11-13,15H2,1H3,(H2,21,22,23);1H. The molecule has 0 unspecified atom stereocenters. The maximum Gasteiger partial charge on any atom is 0.226 e. The van der Waals surface area contributed by atoms with Gasteiger partial charge in [-0.1, -0.05) is 18.2 Å². The number of piperidine rings is 1. The van der Waals surface area contributed by atoms with E-state index in [1.807, 2.05) is 17.0 Å². The van der Waals surface area contributed by atoms with Crippen LogP contribution in [0.4, 0.5) is 5.69 Å². The Balaban J connectivity index is 0.00000261. The molecule has 1 aromatic heterocycles. The van der Waals surface area contributed by atoms with Crippen LogP contribution < -0.4 is 15.5 Å². The fourth-order valence-electron chi connectivity index (χ4n) is 3.04. The summed E-state index contributed by atoms with van der Waals surface area (Å²) in [6, 6.07) is 12.4. The van der Waals surface area contributed by atoms with Crippen LogP contribution in [0.3, 0.4) is 0 Å². The van der Waals surface area contributed by atoms with E-state index >= 15 is 0 Å². The summed E-state index contributed by atoms with van der Waals surface area (Å²) in [5.41, 5.74) is 2.16. The molecule has 2 heterocycles. The Hall–Kier alpha value is -1.61. The van der Waals surface area contributed by atoms with Crippen LogP contribution in [0, 0.1) is 0 Å². The van der Waals surface area contributed by atoms with Crippen LogP contribution in [0.2, 0.25) is 0 Å². The Bertz CT molecular complexity index is 731. The number of thiophene rings is 1. The third kappa shape index (κ3) is 6.49. The number of hydrogen-bond donors (Lipinski definition) is 2. The van der Waals surface area contributed by atoms with Gasteiger partial charge in [0, 0.05) is 43.7 Å². The van der Waals surface area contributed by atoms with Crippen LogP contribution in [-0.2, 0) is 17.8 Å². The average molecular weight is 498 g/mol. The van der Waals surface area contributed by atoms with E-state index in [4.69, 9.17) is 0 Å². The van der Waals surface area contributed by atoms with Gasteiger partial charge in [0.05, 0.1) is 0 Å². The topological polar surface area (TPSA) is 56.7 Å². The van der Waals surface area contributed by atoms with E-state index in [0.717, 1.165) is 44.0 Å². The number of amides is 1. The van der Waals surface area contributed by atoms with Crippen molar-refractivity contribution >= 4 is 52.9 Å². The first-order valence-electron chi connectivity index (χ1n) is 9.12. The molecule has 0 aliphatic carbocycles. The molecule has 7 heteroatoms. The highest BCUT2D eigenvalue weighted by atomic mass is 127. The number of rotatable bonds is 6. The van der Waals surface area contributed by atoms with Gasteiger partial charge in [0.15, 0.2) is 5.96 Å². The monoisotopic (exact) mass is 498 g/mol. The number of nitrogens with zero attached hydrogens (tertiary/aromatic N) is 2. The van der Waals surface area contributed by atoms with Gasteiger partial charge in [0.2, 0.25) is 5.91 Å². The fourth-order valence-corrected chi connectivity index (χ4v) is 3.75. The molecule has 3 rings (SSSR count). The van der Waals surface area contributed by atoms with Crippen molar-refractivity contribution in [2.45, 2.75) is 32.2 Å². The molecule has 0 radical (unpaired) electrons. The molecule has 0 spiro atoms. The molecule has 2 aromatic rings. The number of carbonyl (C=O) groups is 1. The van der Waals surface area contributed by atoms with E-state index in [9.17, 15) is 4.79 Å². The fraction of sp³-hybridized carbons (Fsp3) is 0.400. The molecular weight excluding hydrogens is 471 g/mol. The highest BCUT2D eigenvalue weighted by Crippen LogP contribution is 2.21. The lowest BCUT2D eigenvalue weighted by atomic mass is 10.1. The third-order valence-electron chi connectivity index (χ3n) is 4.50. The van der Waals surface area contributed by atoms with Crippen LogP contribution in [0.1, 0.15) is 29.7 Å². The lowest BCUT2D eigenvalue weighted by Gasteiger charge is -2.26. The lowest BCUT2D eigenvalue weighted by Crippen LogP contribution is -2.37. The Morgan fingerprint density at radius 1 is 1.19 bits per heavy atom. The van der Waals surface area contributed by atoms with Gasteiger partial charge in [0.25, 0.3) is 0 Å². The Kier molecular flexibility index (Phi) is 9.06. The Morgan fingerprint density at radius 2 is 2.00 bits per heavy atom. The van der Waals surface area contributed by atoms with Crippen molar-refractivity contribution in [1.29, 1.82) is 0 Å². The van der Waals surface area contributed by atoms with Crippen LogP contribution in [0.15, 0.2) is 46.8 Å². The van der Waals surface area contributed by atoms with Crippen molar-refractivity contribution in [2.75, 3.05) is 25.0 Å². The van der Waals surface area contributed by atoms with E-state index in [2.05, 4.69) is 45.3 Å². The molecule has 1 aliphatic rings. The van der Waals surface area contributed by atoms with Gasteiger partial charge in [-0.15, -0.1) is 35.3 Å². The summed E-state index contributed by atoms with van der Waals surface area (Å²) < 4.78 is 0. The van der Waals surface area contributed by atoms with Crippen molar-refractivity contribution < 1.29 is 4.79 Å². The predicted molar refractivity (Wildman–Crippen MR) is 124 cm³/mol. The van der Waals surface area contributed by atoms with Crippen molar-refractivity contribution in [3.05, 3.63) is 52.2 Å². The van der Waals surface area contributed by atoms with Crippen LogP contribution in [0.5, 0.6) is 0 Å². The number of hydrogen-bond acceptors (Lipinski definition) is 3. The van der Waals surface area contributed by atoms with Gasteiger partial charge in [-0.25, -0.2) is 0 Å². The zero-order valence-electron chi connectivity index (χ0n) is 15.6. The molecule has 1 fully saturated rings. The highest BCUT2D eigenvalue weighted by Gasteiger charge is 2.19. The first-order valence-corrected chi connectivity index (χ1v) is 10.0. The van der Waals surface area contributed by atoms with Crippen molar-refractivity contribution in [3.63, 3.8) is 0 Å². The molecule has 146 valence electrons. The zero-order valence-corrected chi connectivity index (χ0v) is 18.8.